The van der Waals surface area contributed by atoms with Gasteiger partial charge < -0.3 is 15.5 Å². The van der Waals surface area contributed by atoms with Gasteiger partial charge in [-0.1, -0.05) is 18.2 Å². The Morgan fingerprint density at radius 1 is 1.10 bits per heavy atom. The Hall–Kier alpha value is -1.39. The molecule has 0 unspecified atom stereocenters. The minimum atomic E-state index is 0.273. The summed E-state index contributed by atoms with van der Waals surface area (Å²) in [6, 6.07) is 8.68. The van der Waals surface area contributed by atoms with E-state index >= 15 is 0 Å². The van der Waals surface area contributed by atoms with E-state index in [1.807, 2.05) is 11.0 Å². The molecule has 0 spiro atoms. The SMILES string of the molecule is NC1CCN(CCCN2C(=O)CCc3ccccc32)CC1. The predicted octanol–water partition coefficient (Wildman–Crippen LogP) is 1.78. The van der Waals surface area contributed by atoms with Crippen molar-refractivity contribution in [1.29, 1.82) is 0 Å². The molecule has 1 fully saturated rings. The summed E-state index contributed by atoms with van der Waals surface area (Å²) in [6.07, 6.45) is 4.78. The van der Waals surface area contributed by atoms with Crippen LogP contribution in [0.2, 0.25) is 0 Å². The number of fused-ring (bicyclic) bond motifs is 1. The summed E-state index contributed by atoms with van der Waals surface area (Å²) in [5.74, 6) is 0.273. The number of para-hydroxylation sites is 1. The molecule has 3 rings (SSSR count). The van der Waals surface area contributed by atoms with Crippen molar-refractivity contribution in [2.45, 2.75) is 38.1 Å². The molecule has 2 aliphatic rings. The number of amides is 1. The van der Waals surface area contributed by atoms with E-state index in [0.717, 1.165) is 57.5 Å². The van der Waals surface area contributed by atoms with Gasteiger partial charge in [-0.2, -0.15) is 0 Å². The molecule has 1 saturated heterocycles. The van der Waals surface area contributed by atoms with Gasteiger partial charge in [-0.25, -0.2) is 0 Å². The molecular formula is C17H25N3O. The highest BCUT2D eigenvalue weighted by Gasteiger charge is 2.23. The summed E-state index contributed by atoms with van der Waals surface area (Å²) in [5, 5.41) is 0. The van der Waals surface area contributed by atoms with E-state index in [0.29, 0.717) is 12.5 Å². The smallest absolute Gasteiger partial charge is 0.227 e. The lowest BCUT2D eigenvalue weighted by Crippen LogP contribution is -2.41. The number of nitrogens with zero attached hydrogens (tertiary/aromatic N) is 2. The van der Waals surface area contributed by atoms with Crippen LogP contribution in [-0.4, -0.2) is 43.0 Å². The van der Waals surface area contributed by atoms with Crippen LogP contribution in [0.4, 0.5) is 5.69 Å². The first-order valence-corrected chi connectivity index (χ1v) is 8.10. The van der Waals surface area contributed by atoms with Gasteiger partial charge in [0.05, 0.1) is 0 Å². The molecule has 114 valence electrons. The van der Waals surface area contributed by atoms with E-state index in [9.17, 15) is 4.79 Å². The standard InChI is InChI=1S/C17H25N3O/c18-15-8-12-19(13-9-15)10-3-11-20-16-5-2-1-4-14(16)6-7-17(20)21/h1-2,4-5,15H,3,6-13,18H2. The largest absolute Gasteiger partial charge is 0.328 e. The molecule has 0 saturated carbocycles. The molecule has 2 N–H and O–H groups in total. The zero-order valence-corrected chi connectivity index (χ0v) is 12.6. The van der Waals surface area contributed by atoms with E-state index in [4.69, 9.17) is 5.73 Å². The second kappa shape index (κ2) is 6.58. The maximum absolute atomic E-state index is 12.2. The van der Waals surface area contributed by atoms with E-state index in [-0.39, 0.29) is 5.91 Å². The van der Waals surface area contributed by atoms with E-state index in [1.54, 1.807) is 0 Å². The second-order valence-electron chi connectivity index (χ2n) is 6.21. The number of likely N-dealkylation sites (tertiary alicyclic amines) is 1. The number of aryl methyl sites for hydroxylation is 1. The van der Waals surface area contributed by atoms with Crippen molar-refractivity contribution >= 4 is 11.6 Å². The summed E-state index contributed by atoms with van der Waals surface area (Å²) in [4.78, 5) is 16.6. The van der Waals surface area contributed by atoms with Crippen LogP contribution in [0, 0.1) is 0 Å². The summed E-state index contributed by atoms with van der Waals surface area (Å²) >= 11 is 0. The fourth-order valence-corrected chi connectivity index (χ4v) is 3.37. The van der Waals surface area contributed by atoms with E-state index in [2.05, 4.69) is 23.1 Å². The number of carbonyl (C=O) groups excluding carboxylic acids is 1. The lowest BCUT2D eigenvalue weighted by molar-refractivity contribution is -0.118. The van der Waals surface area contributed by atoms with Crippen LogP contribution in [0.25, 0.3) is 0 Å². The van der Waals surface area contributed by atoms with Gasteiger partial charge in [0.15, 0.2) is 0 Å². The summed E-state index contributed by atoms with van der Waals surface area (Å²) in [5.41, 5.74) is 8.36. The molecule has 0 bridgehead atoms. The number of carbonyl (C=O) groups is 1. The molecule has 1 amide bonds. The van der Waals surface area contributed by atoms with Gasteiger partial charge in [0.2, 0.25) is 5.91 Å². The first-order chi connectivity index (χ1) is 10.2. The third kappa shape index (κ3) is 3.44. The number of hydrogen-bond acceptors (Lipinski definition) is 3. The van der Waals surface area contributed by atoms with Crippen molar-refractivity contribution in [2.24, 2.45) is 5.73 Å². The highest BCUT2D eigenvalue weighted by Crippen LogP contribution is 2.27. The molecule has 2 aliphatic heterocycles. The Labute approximate surface area is 126 Å². The quantitative estimate of drug-likeness (QED) is 0.918. The zero-order valence-electron chi connectivity index (χ0n) is 12.6. The Morgan fingerprint density at radius 2 is 1.86 bits per heavy atom. The average molecular weight is 287 g/mol. The van der Waals surface area contributed by atoms with Crippen LogP contribution in [-0.2, 0) is 11.2 Å². The van der Waals surface area contributed by atoms with Crippen LogP contribution in [0.5, 0.6) is 0 Å². The first-order valence-electron chi connectivity index (χ1n) is 8.10. The fraction of sp³-hybridized carbons (Fsp3) is 0.588. The van der Waals surface area contributed by atoms with Gasteiger partial charge >= 0.3 is 0 Å². The molecule has 0 aliphatic carbocycles. The van der Waals surface area contributed by atoms with Crippen molar-refractivity contribution < 1.29 is 4.79 Å². The van der Waals surface area contributed by atoms with E-state index in [1.165, 1.54) is 5.56 Å². The van der Waals surface area contributed by atoms with Crippen LogP contribution in [0.15, 0.2) is 24.3 Å². The van der Waals surface area contributed by atoms with Crippen LogP contribution < -0.4 is 10.6 Å². The number of nitrogens with two attached hydrogens (primary N) is 1. The van der Waals surface area contributed by atoms with Crippen LogP contribution >= 0.6 is 0 Å². The fourth-order valence-electron chi connectivity index (χ4n) is 3.37. The molecule has 4 heteroatoms. The number of hydrogen-bond donors (Lipinski definition) is 1. The number of rotatable bonds is 4. The van der Waals surface area contributed by atoms with Crippen molar-refractivity contribution in [2.75, 3.05) is 31.1 Å². The molecule has 4 nitrogen and oxygen atoms in total. The van der Waals surface area contributed by atoms with Gasteiger partial charge in [-0.15, -0.1) is 0 Å². The molecule has 1 aromatic carbocycles. The van der Waals surface area contributed by atoms with Crippen LogP contribution in [0.1, 0.15) is 31.2 Å². The van der Waals surface area contributed by atoms with Crippen molar-refractivity contribution in [1.82, 2.24) is 4.90 Å². The van der Waals surface area contributed by atoms with Gasteiger partial charge in [0, 0.05) is 24.7 Å². The molecule has 1 aromatic rings. The minimum absolute atomic E-state index is 0.273. The highest BCUT2D eigenvalue weighted by atomic mass is 16.2. The molecule has 0 radical (unpaired) electrons. The summed E-state index contributed by atoms with van der Waals surface area (Å²) < 4.78 is 0. The Kier molecular flexibility index (Phi) is 4.56. The first kappa shape index (κ1) is 14.5. The predicted molar refractivity (Wildman–Crippen MR) is 85.4 cm³/mol. The average Bonchev–Trinajstić information content (AvgIpc) is 2.51. The maximum Gasteiger partial charge on any atom is 0.227 e. The van der Waals surface area contributed by atoms with Gasteiger partial charge in [0.1, 0.15) is 0 Å². The van der Waals surface area contributed by atoms with E-state index < -0.39 is 0 Å². The minimum Gasteiger partial charge on any atom is -0.328 e. The normalized spacial score (nSPS) is 20.6. The Bertz CT molecular complexity index is 495. The topological polar surface area (TPSA) is 49.6 Å². The van der Waals surface area contributed by atoms with Gasteiger partial charge in [0.25, 0.3) is 0 Å². The number of piperidine rings is 1. The van der Waals surface area contributed by atoms with Crippen LogP contribution in [0.3, 0.4) is 0 Å². The monoisotopic (exact) mass is 287 g/mol. The Balaban J connectivity index is 1.54. The second-order valence-corrected chi connectivity index (χ2v) is 6.21. The zero-order chi connectivity index (χ0) is 14.7. The summed E-state index contributed by atoms with van der Waals surface area (Å²) in [7, 11) is 0. The lowest BCUT2D eigenvalue weighted by Gasteiger charge is -2.32. The Morgan fingerprint density at radius 3 is 2.67 bits per heavy atom. The van der Waals surface area contributed by atoms with Crippen molar-refractivity contribution in [3.8, 4) is 0 Å². The third-order valence-corrected chi connectivity index (χ3v) is 4.68. The van der Waals surface area contributed by atoms with Crippen molar-refractivity contribution in [3.05, 3.63) is 29.8 Å². The molecule has 21 heavy (non-hydrogen) atoms. The molecule has 0 atom stereocenters. The molecule has 2 heterocycles. The number of benzene rings is 1. The lowest BCUT2D eigenvalue weighted by atomic mass is 10.0. The van der Waals surface area contributed by atoms with Gasteiger partial charge in [-0.05, 0) is 56.9 Å². The molecule has 0 aromatic heterocycles. The maximum atomic E-state index is 12.2. The van der Waals surface area contributed by atoms with Crippen molar-refractivity contribution in [3.63, 3.8) is 0 Å². The number of anilines is 1. The third-order valence-electron chi connectivity index (χ3n) is 4.68. The molecular weight excluding hydrogens is 262 g/mol. The van der Waals surface area contributed by atoms with Gasteiger partial charge in [-0.3, -0.25) is 4.79 Å². The highest BCUT2D eigenvalue weighted by molar-refractivity contribution is 5.96. The summed E-state index contributed by atoms with van der Waals surface area (Å²) in [6.45, 7) is 4.11.